The van der Waals surface area contributed by atoms with E-state index < -0.39 is 0 Å². The summed E-state index contributed by atoms with van der Waals surface area (Å²) >= 11 is 0. The third kappa shape index (κ3) is 3.56. The SMILES string of the molecule is CNC(c1ncccn1)c1c(OC)cnn1CCN(C)C. The molecule has 0 amide bonds. The third-order valence-electron chi connectivity index (χ3n) is 3.23. The van der Waals surface area contributed by atoms with Crippen molar-refractivity contribution in [3.8, 4) is 5.75 Å². The smallest absolute Gasteiger partial charge is 0.162 e. The minimum Gasteiger partial charge on any atom is -0.493 e. The van der Waals surface area contributed by atoms with Crippen LogP contribution in [0.25, 0.3) is 0 Å². The lowest BCUT2D eigenvalue weighted by atomic mass is 10.1. The Bertz CT molecular complexity index is 554. The van der Waals surface area contributed by atoms with Gasteiger partial charge in [-0.1, -0.05) is 0 Å². The van der Waals surface area contributed by atoms with Gasteiger partial charge < -0.3 is 15.0 Å². The van der Waals surface area contributed by atoms with E-state index in [9.17, 15) is 0 Å². The van der Waals surface area contributed by atoms with Crippen molar-refractivity contribution in [3.63, 3.8) is 0 Å². The molecule has 0 saturated heterocycles. The molecule has 1 N–H and O–H groups in total. The summed E-state index contributed by atoms with van der Waals surface area (Å²) in [6, 6.07) is 1.64. The van der Waals surface area contributed by atoms with Crippen LogP contribution >= 0.6 is 0 Å². The van der Waals surface area contributed by atoms with Crippen LogP contribution in [-0.2, 0) is 6.54 Å². The zero-order valence-corrected chi connectivity index (χ0v) is 12.9. The zero-order valence-electron chi connectivity index (χ0n) is 12.9. The summed E-state index contributed by atoms with van der Waals surface area (Å²) in [6.07, 6.45) is 5.21. The Morgan fingerprint density at radius 2 is 2.05 bits per heavy atom. The van der Waals surface area contributed by atoms with E-state index in [-0.39, 0.29) is 6.04 Å². The molecule has 0 bridgehead atoms. The van der Waals surface area contributed by atoms with Gasteiger partial charge in [0.1, 0.15) is 11.7 Å². The molecule has 7 nitrogen and oxygen atoms in total. The first-order valence-electron chi connectivity index (χ1n) is 6.86. The highest BCUT2D eigenvalue weighted by Gasteiger charge is 2.24. The summed E-state index contributed by atoms with van der Waals surface area (Å²) < 4.78 is 7.39. The monoisotopic (exact) mass is 290 g/mol. The molecular weight excluding hydrogens is 268 g/mol. The van der Waals surface area contributed by atoms with Gasteiger partial charge in [0.2, 0.25) is 0 Å². The quantitative estimate of drug-likeness (QED) is 0.803. The molecular formula is C14H22N6O. The van der Waals surface area contributed by atoms with E-state index in [1.165, 1.54) is 0 Å². The fourth-order valence-corrected chi connectivity index (χ4v) is 2.15. The van der Waals surface area contributed by atoms with Crippen LogP contribution in [-0.4, -0.2) is 59.4 Å². The molecule has 0 aliphatic carbocycles. The van der Waals surface area contributed by atoms with Gasteiger partial charge in [0.25, 0.3) is 0 Å². The van der Waals surface area contributed by atoms with Crippen molar-refractivity contribution in [1.82, 2.24) is 30.0 Å². The molecule has 21 heavy (non-hydrogen) atoms. The lowest BCUT2D eigenvalue weighted by Crippen LogP contribution is -2.26. The highest BCUT2D eigenvalue weighted by Crippen LogP contribution is 2.27. The first-order valence-corrected chi connectivity index (χ1v) is 6.86. The van der Waals surface area contributed by atoms with E-state index in [2.05, 4.69) is 25.3 Å². The van der Waals surface area contributed by atoms with Gasteiger partial charge in [-0.3, -0.25) is 4.68 Å². The second kappa shape index (κ2) is 7.14. The number of likely N-dealkylation sites (N-methyl/N-ethyl adjacent to an activating group) is 1. The van der Waals surface area contributed by atoms with Gasteiger partial charge >= 0.3 is 0 Å². The zero-order chi connectivity index (χ0) is 15.2. The Morgan fingerprint density at radius 3 is 2.62 bits per heavy atom. The Hall–Kier alpha value is -1.99. The highest BCUT2D eigenvalue weighted by atomic mass is 16.5. The molecule has 0 radical (unpaired) electrons. The predicted octanol–water partition coefficient (Wildman–Crippen LogP) is 0.552. The maximum atomic E-state index is 5.44. The maximum Gasteiger partial charge on any atom is 0.162 e. The van der Waals surface area contributed by atoms with Crippen LogP contribution in [0.3, 0.4) is 0 Å². The highest BCUT2D eigenvalue weighted by molar-refractivity contribution is 5.32. The normalized spacial score (nSPS) is 12.6. The van der Waals surface area contributed by atoms with E-state index in [1.54, 1.807) is 31.8 Å². The molecule has 2 aromatic heterocycles. The summed E-state index contributed by atoms with van der Waals surface area (Å²) in [7, 11) is 7.60. The summed E-state index contributed by atoms with van der Waals surface area (Å²) in [4.78, 5) is 10.8. The van der Waals surface area contributed by atoms with E-state index in [1.807, 2.05) is 25.8 Å². The number of nitrogens with one attached hydrogen (secondary N) is 1. The van der Waals surface area contributed by atoms with Crippen molar-refractivity contribution in [1.29, 1.82) is 0 Å². The summed E-state index contributed by atoms with van der Waals surface area (Å²) in [5.74, 6) is 1.44. The topological polar surface area (TPSA) is 68.1 Å². The second-order valence-electron chi connectivity index (χ2n) is 4.95. The Morgan fingerprint density at radius 1 is 1.33 bits per heavy atom. The summed E-state index contributed by atoms with van der Waals surface area (Å²) in [6.45, 7) is 1.67. The molecule has 1 unspecified atom stereocenters. The number of hydrogen-bond donors (Lipinski definition) is 1. The largest absolute Gasteiger partial charge is 0.493 e. The fraction of sp³-hybridized carbons (Fsp3) is 0.500. The third-order valence-corrected chi connectivity index (χ3v) is 3.23. The lowest BCUT2D eigenvalue weighted by molar-refractivity contribution is 0.359. The van der Waals surface area contributed by atoms with Crippen LogP contribution in [0.2, 0.25) is 0 Å². The van der Waals surface area contributed by atoms with Crippen LogP contribution in [0, 0.1) is 0 Å². The minimum atomic E-state index is -0.161. The first kappa shape index (κ1) is 15.4. The van der Waals surface area contributed by atoms with Crippen molar-refractivity contribution in [2.45, 2.75) is 12.6 Å². The lowest BCUT2D eigenvalue weighted by Gasteiger charge is -2.19. The van der Waals surface area contributed by atoms with E-state index in [4.69, 9.17) is 4.74 Å². The number of ether oxygens (including phenoxy) is 1. The number of nitrogens with zero attached hydrogens (tertiary/aromatic N) is 5. The van der Waals surface area contributed by atoms with Crippen molar-refractivity contribution in [3.05, 3.63) is 36.2 Å². The number of rotatable bonds is 7. The Balaban J connectivity index is 2.37. The van der Waals surface area contributed by atoms with E-state index in [0.717, 1.165) is 24.5 Å². The average Bonchev–Trinajstić information content (AvgIpc) is 2.90. The van der Waals surface area contributed by atoms with Crippen molar-refractivity contribution >= 4 is 0 Å². The predicted molar refractivity (Wildman–Crippen MR) is 80.3 cm³/mol. The average molecular weight is 290 g/mol. The molecule has 2 rings (SSSR count). The first-order chi connectivity index (χ1) is 10.2. The van der Waals surface area contributed by atoms with Crippen LogP contribution in [0.15, 0.2) is 24.7 Å². The van der Waals surface area contributed by atoms with Crippen LogP contribution in [0.5, 0.6) is 5.75 Å². The molecule has 0 fully saturated rings. The molecule has 7 heteroatoms. The van der Waals surface area contributed by atoms with E-state index >= 15 is 0 Å². The molecule has 1 atom stereocenters. The van der Waals surface area contributed by atoms with Crippen molar-refractivity contribution in [2.24, 2.45) is 0 Å². The van der Waals surface area contributed by atoms with Crippen LogP contribution in [0.4, 0.5) is 0 Å². The van der Waals surface area contributed by atoms with Crippen molar-refractivity contribution in [2.75, 3.05) is 34.8 Å². The van der Waals surface area contributed by atoms with Gasteiger partial charge in [0, 0.05) is 18.9 Å². The molecule has 0 spiro atoms. The molecule has 0 aromatic carbocycles. The van der Waals surface area contributed by atoms with Crippen LogP contribution in [0.1, 0.15) is 17.6 Å². The summed E-state index contributed by atoms with van der Waals surface area (Å²) in [5, 5.41) is 7.67. The maximum absolute atomic E-state index is 5.44. The van der Waals surface area contributed by atoms with Crippen molar-refractivity contribution < 1.29 is 4.74 Å². The summed E-state index contributed by atoms with van der Waals surface area (Å²) in [5.41, 5.74) is 0.938. The number of hydrogen-bond acceptors (Lipinski definition) is 6. The molecule has 2 heterocycles. The molecule has 0 saturated carbocycles. The van der Waals surface area contributed by atoms with Gasteiger partial charge in [-0.2, -0.15) is 5.10 Å². The Kier molecular flexibility index (Phi) is 5.24. The van der Waals surface area contributed by atoms with Crippen LogP contribution < -0.4 is 10.1 Å². The molecule has 2 aromatic rings. The van der Waals surface area contributed by atoms with Gasteiger partial charge in [-0.05, 0) is 27.2 Å². The van der Waals surface area contributed by atoms with Gasteiger partial charge in [-0.25, -0.2) is 9.97 Å². The molecule has 0 aliphatic rings. The van der Waals surface area contributed by atoms with Gasteiger partial charge in [0.15, 0.2) is 11.6 Å². The standard InChI is InChI=1S/C14H22N6O/c1-15-12(14-16-6-5-7-17-14)13-11(21-4)10-18-20(13)9-8-19(2)3/h5-7,10,12,15H,8-9H2,1-4H3. The number of aromatic nitrogens is 4. The molecule has 114 valence electrons. The second-order valence-corrected chi connectivity index (χ2v) is 4.95. The van der Waals surface area contributed by atoms with Gasteiger partial charge in [0.05, 0.1) is 19.9 Å². The minimum absolute atomic E-state index is 0.161. The Labute approximate surface area is 125 Å². The van der Waals surface area contributed by atoms with E-state index in [0.29, 0.717) is 5.82 Å². The number of methoxy groups -OCH3 is 1. The molecule has 0 aliphatic heterocycles. The van der Waals surface area contributed by atoms with Gasteiger partial charge in [-0.15, -0.1) is 0 Å². The fourth-order valence-electron chi connectivity index (χ4n) is 2.15.